The summed E-state index contributed by atoms with van der Waals surface area (Å²) in [5.41, 5.74) is 4.81. The van der Waals surface area contributed by atoms with Crippen molar-refractivity contribution in [1.29, 1.82) is 0 Å². The number of benzene rings is 3. The molecule has 0 saturated carbocycles. The predicted octanol–water partition coefficient (Wildman–Crippen LogP) is 5.44. The minimum atomic E-state index is -0.152. The molecule has 5 nitrogen and oxygen atoms in total. The quantitative estimate of drug-likeness (QED) is 0.371. The van der Waals surface area contributed by atoms with Crippen molar-refractivity contribution in [3.8, 4) is 11.4 Å². The van der Waals surface area contributed by atoms with Gasteiger partial charge >= 0.3 is 0 Å². The molecule has 5 rings (SSSR count). The molecule has 2 heterocycles. The van der Waals surface area contributed by atoms with Crippen LogP contribution in [0.1, 0.15) is 17.0 Å². The third kappa shape index (κ3) is 3.26. The molecule has 0 amide bonds. The summed E-state index contributed by atoms with van der Waals surface area (Å²) in [6, 6.07) is 21.4. The second-order valence-electron chi connectivity index (χ2n) is 7.90. The van der Waals surface area contributed by atoms with Crippen LogP contribution in [0.25, 0.3) is 27.6 Å². The zero-order valence-corrected chi connectivity index (χ0v) is 18.8. The van der Waals surface area contributed by atoms with E-state index >= 15 is 0 Å². The molecule has 0 unspecified atom stereocenters. The largest absolute Gasteiger partial charge is 0.497 e. The molecule has 0 N–H and O–H groups in total. The van der Waals surface area contributed by atoms with Crippen LogP contribution in [0.5, 0.6) is 5.75 Å². The summed E-state index contributed by atoms with van der Waals surface area (Å²) in [5.74, 6) is 1.63. The monoisotopic (exact) mass is 443 g/mol. The number of nitrogens with zero attached hydrogens (tertiary/aromatic N) is 3. The zero-order valence-electron chi connectivity index (χ0n) is 18.1. The molecular weight excluding hydrogens is 422 g/mol. The highest BCUT2D eigenvalue weighted by atomic mass is 35.5. The minimum absolute atomic E-state index is 0.152. The molecule has 0 saturated heterocycles. The highest BCUT2D eigenvalue weighted by molar-refractivity contribution is 6.31. The number of pyridine rings is 1. The lowest BCUT2D eigenvalue weighted by Crippen LogP contribution is -2.20. The smallest absolute Gasteiger partial charge is 0.283 e. The molecule has 2 aromatic heterocycles. The Kier molecular flexibility index (Phi) is 4.98. The van der Waals surface area contributed by atoms with Gasteiger partial charge in [-0.25, -0.2) is 4.98 Å². The molecule has 0 bridgehead atoms. The summed E-state index contributed by atoms with van der Waals surface area (Å²) in [5, 5.41) is 1.52. The molecule has 0 atom stereocenters. The van der Waals surface area contributed by atoms with Crippen molar-refractivity contribution in [3.05, 3.63) is 99.1 Å². The van der Waals surface area contributed by atoms with Crippen LogP contribution >= 0.6 is 11.6 Å². The molecule has 3 aromatic carbocycles. The van der Waals surface area contributed by atoms with Gasteiger partial charge in [-0.15, -0.1) is 0 Å². The number of hydrogen-bond donors (Lipinski definition) is 0. The minimum Gasteiger partial charge on any atom is -0.497 e. The van der Waals surface area contributed by atoms with Crippen LogP contribution in [0, 0.1) is 6.92 Å². The first kappa shape index (κ1) is 20.3. The number of methoxy groups -OCH3 is 1. The molecule has 0 fully saturated rings. The third-order valence-corrected chi connectivity index (χ3v) is 6.16. The maximum absolute atomic E-state index is 13.7. The summed E-state index contributed by atoms with van der Waals surface area (Å²) < 4.78 is 8.99. The Bertz CT molecular complexity index is 1530. The lowest BCUT2D eigenvalue weighted by atomic mass is 10.1. The number of ether oxygens (including phenoxy) is 1. The Morgan fingerprint density at radius 2 is 1.78 bits per heavy atom. The lowest BCUT2D eigenvalue weighted by Gasteiger charge is -2.14. The molecule has 160 valence electrons. The highest BCUT2D eigenvalue weighted by Crippen LogP contribution is 2.29. The first-order valence-electron chi connectivity index (χ1n) is 10.4. The normalized spacial score (nSPS) is 11.4. The standard InChI is InChI=1S/C26H22ClN3O2/c1-16-6-4-5-7-21(16)30-22-15-18(27)10-13-20(22)25-24(26(30)31)28-23(29(25)2)14-17-8-11-19(32-3)12-9-17/h4-13,15H,14H2,1-3H3. The fourth-order valence-corrected chi connectivity index (χ4v) is 4.41. The van der Waals surface area contributed by atoms with Crippen molar-refractivity contribution in [2.24, 2.45) is 7.05 Å². The molecule has 5 aromatic rings. The van der Waals surface area contributed by atoms with E-state index in [-0.39, 0.29) is 5.56 Å². The molecular formula is C26H22ClN3O2. The van der Waals surface area contributed by atoms with E-state index in [1.165, 1.54) is 0 Å². The molecule has 0 spiro atoms. The van der Waals surface area contributed by atoms with Gasteiger partial charge in [0.25, 0.3) is 5.56 Å². The first-order chi connectivity index (χ1) is 15.5. The Labute approximate surface area is 190 Å². The van der Waals surface area contributed by atoms with E-state index in [0.29, 0.717) is 17.0 Å². The summed E-state index contributed by atoms with van der Waals surface area (Å²) in [4.78, 5) is 18.5. The van der Waals surface area contributed by atoms with Gasteiger partial charge in [-0.3, -0.25) is 9.36 Å². The second-order valence-corrected chi connectivity index (χ2v) is 8.33. The Hall–Kier alpha value is -3.57. The van der Waals surface area contributed by atoms with Crippen LogP contribution in [0.4, 0.5) is 0 Å². The summed E-state index contributed by atoms with van der Waals surface area (Å²) in [6.07, 6.45) is 0.605. The van der Waals surface area contributed by atoms with Crippen LogP contribution in [0.2, 0.25) is 5.02 Å². The van der Waals surface area contributed by atoms with Crippen molar-refractivity contribution < 1.29 is 4.74 Å². The number of fused-ring (bicyclic) bond motifs is 3. The van der Waals surface area contributed by atoms with Crippen molar-refractivity contribution in [2.45, 2.75) is 13.3 Å². The number of aromatic nitrogens is 3. The van der Waals surface area contributed by atoms with E-state index in [4.69, 9.17) is 21.3 Å². The fourth-order valence-electron chi connectivity index (χ4n) is 4.25. The topological polar surface area (TPSA) is 49.0 Å². The van der Waals surface area contributed by atoms with Gasteiger partial charge in [0.1, 0.15) is 11.6 Å². The zero-order chi connectivity index (χ0) is 22.4. The number of hydrogen-bond acceptors (Lipinski definition) is 3. The van der Waals surface area contributed by atoms with E-state index in [0.717, 1.165) is 44.8 Å². The van der Waals surface area contributed by atoms with Crippen LogP contribution in [0.3, 0.4) is 0 Å². The average Bonchev–Trinajstić information content (AvgIpc) is 3.12. The van der Waals surface area contributed by atoms with Crippen LogP contribution in [-0.2, 0) is 13.5 Å². The van der Waals surface area contributed by atoms with Crippen LogP contribution < -0.4 is 10.3 Å². The van der Waals surface area contributed by atoms with Gasteiger partial charge in [0.05, 0.1) is 23.8 Å². The molecule has 0 aliphatic rings. The third-order valence-electron chi connectivity index (χ3n) is 5.93. The van der Waals surface area contributed by atoms with Gasteiger partial charge in [0, 0.05) is 23.9 Å². The van der Waals surface area contributed by atoms with E-state index in [9.17, 15) is 4.79 Å². The van der Waals surface area contributed by atoms with E-state index in [1.807, 2.05) is 85.3 Å². The molecule has 0 aliphatic carbocycles. The number of imidazole rings is 1. The van der Waals surface area contributed by atoms with E-state index < -0.39 is 0 Å². The summed E-state index contributed by atoms with van der Waals surface area (Å²) in [6.45, 7) is 2.00. The Morgan fingerprint density at radius 1 is 1.03 bits per heavy atom. The Morgan fingerprint density at radius 3 is 2.50 bits per heavy atom. The SMILES string of the molecule is COc1ccc(Cc2nc3c(=O)n(-c4ccccc4C)c4cc(Cl)ccc4c3n2C)cc1. The van der Waals surface area contributed by atoms with Gasteiger partial charge < -0.3 is 9.30 Å². The van der Waals surface area contributed by atoms with Gasteiger partial charge in [-0.05, 0) is 54.4 Å². The number of halogens is 1. The maximum Gasteiger partial charge on any atom is 0.283 e. The maximum atomic E-state index is 13.7. The van der Waals surface area contributed by atoms with Crippen LogP contribution in [0.15, 0.2) is 71.5 Å². The first-order valence-corrected chi connectivity index (χ1v) is 10.7. The second kappa shape index (κ2) is 7.84. The number of rotatable bonds is 4. The van der Waals surface area contributed by atoms with Crippen LogP contribution in [-0.4, -0.2) is 21.2 Å². The molecule has 6 heteroatoms. The van der Waals surface area contributed by atoms with Crippen molar-refractivity contribution in [2.75, 3.05) is 7.11 Å². The van der Waals surface area contributed by atoms with E-state index in [2.05, 4.69) is 0 Å². The Balaban J connectivity index is 1.79. The van der Waals surface area contributed by atoms with Gasteiger partial charge in [0.2, 0.25) is 0 Å². The summed E-state index contributed by atoms with van der Waals surface area (Å²) >= 11 is 6.35. The van der Waals surface area contributed by atoms with Crippen molar-refractivity contribution in [3.63, 3.8) is 0 Å². The fraction of sp³-hybridized carbons (Fsp3) is 0.154. The van der Waals surface area contributed by atoms with Gasteiger partial charge in [0.15, 0.2) is 5.52 Å². The number of para-hydroxylation sites is 1. The summed E-state index contributed by atoms with van der Waals surface area (Å²) in [7, 11) is 3.61. The number of aryl methyl sites for hydroxylation is 2. The van der Waals surface area contributed by atoms with Crippen molar-refractivity contribution in [1.82, 2.24) is 14.1 Å². The van der Waals surface area contributed by atoms with Gasteiger partial charge in [-0.1, -0.05) is 41.9 Å². The van der Waals surface area contributed by atoms with E-state index in [1.54, 1.807) is 11.7 Å². The van der Waals surface area contributed by atoms with Crippen molar-refractivity contribution >= 4 is 33.5 Å². The average molecular weight is 444 g/mol. The molecule has 0 radical (unpaired) electrons. The molecule has 0 aliphatic heterocycles. The predicted molar refractivity (Wildman–Crippen MR) is 129 cm³/mol. The van der Waals surface area contributed by atoms with Gasteiger partial charge in [-0.2, -0.15) is 0 Å². The molecule has 32 heavy (non-hydrogen) atoms. The highest BCUT2D eigenvalue weighted by Gasteiger charge is 2.20. The lowest BCUT2D eigenvalue weighted by molar-refractivity contribution is 0.414.